The maximum atomic E-state index is 12.0. The van der Waals surface area contributed by atoms with Gasteiger partial charge in [-0.1, -0.05) is 19.8 Å². The molecule has 5 nitrogen and oxygen atoms in total. The summed E-state index contributed by atoms with van der Waals surface area (Å²) in [5, 5.41) is -1.43. The van der Waals surface area contributed by atoms with Crippen LogP contribution < -0.4 is 0 Å². The summed E-state index contributed by atoms with van der Waals surface area (Å²) in [7, 11) is -4.40. The molecule has 0 spiro atoms. The Kier molecular flexibility index (Phi) is 4.70. The molecule has 102 valence electrons. The first-order valence-corrected chi connectivity index (χ1v) is 7.35. The van der Waals surface area contributed by atoms with Gasteiger partial charge < -0.3 is 4.42 Å². The van der Waals surface area contributed by atoms with E-state index in [0.29, 0.717) is 12.2 Å². The lowest BCUT2D eigenvalue weighted by Crippen LogP contribution is -2.29. The van der Waals surface area contributed by atoms with Gasteiger partial charge in [0, 0.05) is 0 Å². The standard InChI is InChI=1S/C12H18O5S/c1-4-5-6-11(18(14,15)16)12(13)10-7-8(2)9(3)17-10/h7,11H,4-6H2,1-3H3,(H,14,15,16). The highest BCUT2D eigenvalue weighted by Gasteiger charge is 2.33. The molecule has 1 heterocycles. The molecule has 6 heteroatoms. The largest absolute Gasteiger partial charge is 0.458 e. The average Bonchev–Trinajstić information content (AvgIpc) is 2.57. The number of hydrogen-bond donors (Lipinski definition) is 1. The van der Waals surface area contributed by atoms with Crippen molar-refractivity contribution in [3.8, 4) is 0 Å². The zero-order valence-electron chi connectivity index (χ0n) is 10.8. The Bertz CT molecular complexity index is 507. The number of furan rings is 1. The van der Waals surface area contributed by atoms with Gasteiger partial charge in [0.2, 0.25) is 5.78 Å². The highest BCUT2D eigenvalue weighted by Crippen LogP contribution is 2.20. The predicted molar refractivity (Wildman–Crippen MR) is 67.4 cm³/mol. The summed E-state index contributed by atoms with van der Waals surface area (Å²) in [5.41, 5.74) is 0.780. The highest BCUT2D eigenvalue weighted by molar-refractivity contribution is 7.87. The Morgan fingerprint density at radius 1 is 1.44 bits per heavy atom. The van der Waals surface area contributed by atoms with E-state index in [0.717, 1.165) is 12.0 Å². The monoisotopic (exact) mass is 274 g/mol. The number of unbranched alkanes of at least 4 members (excludes halogenated alkanes) is 1. The number of aryl methyl sites for hydroxylation is 2. The summed E-state index contributed by atoms with van der Waals surface area (Å²) in [5.74, 6) is -0.117. The fraction of sp³-hybridized carbons (Fsp3) is 0.583. The normalized spacial score (nSPS) is 13.6. The molecule has 0 bridgehead atoms. The summed E-state index contributed by atoms with van der Waals surface area (Å²) in [6.45, 7) is 5.34. The lowest BCUT2D eigenvalue weighted by Gasteiger charge is -2.10. The minimum absolute atomic E-state index is 0.0104. The number of carbonyl (C=O) groups is 1. The van der Waals surface area contributed by atoms with E-state index in [1.807, 2.05) is 6.92 Å². The number of hydrogen-bond acceptors (Lipinski definition) is 4. The van der Waals surface area contributed by atoms with Gasteiger partial charge in [0.25, 0.3) is 10.1 Å². The molecule has 1 N–H and O–H groups in total. The van der Waals surface area contributed by atoms with Gasteiger partial charge in [-0.15, -0.1) is 0 Å². The number of ketones is 1. The first-order valence-electron chi connectivity index (χ1n) is 5.85. The molecule has 18 heavy (non-hydrogen) atoms. The van der Waals surface area contributed by atoms with Gasteiger partial charge in [0.05, 0.1) is 0 Å². The van der Waals surface area contributed by atoms with E-state index in [2.05, 4.69) is 0 Å². The Balaban J connectivity index is 3.03. The highest BCUT2D eigenvalue weighted by atomic mass is 32.2. The summed E-state index contributed by atoms with van der Waals surface area (Å²) in [4.78, 5) is 12.0. The molecule has 0 saturated carbocycles. The van der Waals surface area contributed by atoms with Crippen LogP contribution in [-0.4, -0.2) is 24.0 Å². The quantitative estimate of drug-likeness (QED) is 0.636. The third kappa shape index (κ3) is 3.43. The molecule has 0 saturated heterocycles. The molecule has 1 aromatic heterocycles. The molecule has 0 aromatic carbocycles. The SMILES string of the molecule is CCCCC(C(=O)c1cc(C)c(C)o1)S(=O)(=O)O. The minimum Gasteiger partial charge on any atom is -0.458 e. The van der Waals surface area contributed by atoms with Crippen LogP contribution in [-0.2, 0) is 10.1 Å². The third-order valence-corrected chi connectivity index (χ3v) is 4.05. The van der Waals surface area contributed by atoms with Crippen molar-refractivity contribution in [1.82, 2.24) is 0 Å². The second kappa shape index (κ2) is 5.67. The van der Waals surface area contributed by atoms with Crippen LogP contribution in [0.1, 0.15) is 48.1 Å². The Morgan fingerprint density at radius 3 is 2.44 bits per heavy atom. The van der Waals surface area contributed by atoms with Gasteiger partial charge in [-0.3, -0.25) is 9.35 Å². The van der Waals surface area contributed by atoms with Crippen molar-refractivity contribution in [2.45, 2.75) is 45.3 Å². The number of rotatable bonds is 6. The summed E-state index contributed by atoms with van der Waals surface area (Å²) in [6.07, 6.45) is 1.40. The number of Topliss-reactive ketones (excluding diaryl/α,β-unsaturated/α-hetero) is 1. The molecule has 1 unspecified atom stereocenters. The van der Waals surface area contributed by atoms with E-state index in [4.69, 9.17) is 8.97 Å². The van der Waals surface area contributed by atoms with Crippen molar-refractivity contribution in [1.29, 1.82) is 0 Å². The molecule has 0 amide bonds. The Morgan fingerprint density at radius 2 is 2.06 bits per heavy atom. The van der Waals surface area contributed by atoms with Crippen molar-refractivity contribution in [2.24, 2.45) is 0 Å². The van der Waals surface area contributed by atoms with E-state index in [-0.39, 0.29) is 12.2 Å². The van der Waals surface area contributed by atoms with Crippen LogP contribution in [0.5, 0.6) is 0 Å². The van der Waals surface area contributed by atoms with Crippen molar-refractivity contribution in [2.75, 3.05) is 0 Å². The van der Waals surface area contributed by atoms with Crippen molar-refractivity contribution < 1.29 is 22.2 Å². The fourth-order valence-electron chi connectivity index (χ4n) is 1.66. The van der Waals surface area contributed by atoms with Crippen LogP contribution in [0.3, 0.4) is 0 Å². The molecule has 1 aromatic rings. The molecular weight excluding hydrogens is 256 g/mol. The molecule has 1 rings (SSSR count). The smallest absolute Gasteiger partial charge is 0.275 e. The van der Waals surface area contributed by atoms with Crippen LogP contribution >= 0.6 is 0 Å². The van der Waals surface area contributed by atoms with Crippen LogP contribution in [0, 0.1) is 13.8 Å². The van der Waals surface area contributed by atoms with Crippen LogP contribution in [0.15, 0.2) is 10.5 Å². The summed E-state index contributed by atoms with van der Waals surface area (Å²) < 4.78 is 36.8. The molecule has 0 fully saturated rings. The van der Waals surface area contributed by atoms with Crippen molar-refractivity contribution in [3.05, 3.63) is 23.2 Å². The first kappa shape index (κ1) is 14.9. The van der Waals surface area contributed by atoms with Crippen LogP contribution in [0.2, 0.25) is 0 Å². The summed E-state index contributed by atoms with van der Waals surface area (Å²) in [6, 6.07) is 1.50. The Hall–Kier alpha value is -1.14. The van der Waals surface area contributed by atoms with Gasteiger partial charge in [-0.25, -0.2) is 0 Å². The predicted octanol–water partition coefficient (Wildman–Crippen LogP) is 2.53. The van der Waals surface area contributed by atoms with Gasteiger partial charge in [0.15, 0.2) is 11.0 Å². The van der Waals surface area contributed by atoms with Crippen molar-refractivity contribution >= 4 is 15.9 Å². The molecule has 0 aliphatic carbocycles. The average molecular weight is 274 g/mol. The third-order valence-electron chi connectivity index (χ3n) is 2.88. The second-order valence-corrected chi connectivity index (χ2v) is 5.96. The van der Waals surface area contributed by atoms with E-state index in [9.17, 15) is 13.2 Å². The van der Waals surface area contributed by atoms with Gasteiger partial charge in [0.1, 0.15) is 5.76 Å². The maximum Gasteiger partial charge on any atom is 0.275 e. The van der Waals surface area contributed by atoms with E-state index >= 15 is 0 Å². The first-order chi connectivity index (χ1) is 8.27. The van der Waals surface area contributed by atoms with Crippen molar-refractivity contribution in [3.63, 3.8) is 0 Å². The zero-order chi connectivity index (χ0) is 13.9. The molecule has 0 aliphatic heterocycles. The second-order valence-electron chi connectivity index (χ2n) is 4.36. The zero-order valence-corrected chi connectivity index (χ0v) is 11.6. The van der Waals surface area contributed by atoms with Gasteiger partial charge in [-0.2, -0.15) is 8.42 Å². The molecule has 0 aliphatic rings. The molecule has 0 radical (unpaired) electrons. The lowest BCUT2D eigenvalue weighted by molar-refractivity contribution is 0.0952. The number of carbonyl (C=O) groups excluding carboxylic acids is 1. The Labute approximate surface area is 107 Å². The lowest BCUT2D eigenvalue weighted by atomic mass is 10.1. The molecule has 1 atom stereocenters. The minimum atomic E-state index is -4.40. The van der Waals surface area contributed by atoms with E-state index in [1.165, 1.54) is 6.07 Å². The van der Waals surface area contributed by atoms with Gasteiger partial charge in [-0.05, 0) is 31.9 Å². The molecular formula is C12H18O5S. The van der Waals surface area contributed by atoms with E-state index in [1.54, 1.807) is 13.8 Å². The summed E-state index contributed by atoms with van der Waals surface area (Å²) >= 11 is 0. The topological polar surface area (TPSA) is 84.6 Å². The fourth-order valence-corrected chi connectivity index (χ4v) is 2.51. The van der Waals surface area contributed by atoms with Crippen LogP contribution in [0.25, 0.3) is 0 Å². The maximum absolute atomic E-state index is 12.0. The van der Waals surface area contributed by atoms with E-state index < -0.39 is 21.2 Å². The van der Waals surface area contributed by atoms with Crippen LogP contribution in [0.4, 0.5) is 0 Å². The van der Waals surface area contributed by atoms with Gasteiger partial charge >= 0.3 is 0 Å².